The average molecular weight is 332 g/mol. The van der Waals surface area contributed by atoms with Crippen molar-refractivity contribution in [1.82, 2.24) is 10.2 Å². The molecule has 0 N–H and O–H groups in total. The molecule has 0 unspecified atom stereocenters. The minimum atomic E-state index is 0.670. The fourth-order valence-electron chi connectivity index (χ4n) is 1.49. The van der Waals surface area contributed by atoms with E-state index < -0.39 is 0 Å². The van der Waals surface area contributed by atoms with Crippen molar-refractivity contribution in [2.45, 2.75) is 19.8 Å². The molecule has 0 bridgehead atoms. The molecule has 0 amide bonds. The summed E-state index contributed by atoms with van der Waals surface area (Å²) in [5, 5.41) is 10.4. The number of hydrogen-bond donors (Lipinski definition) is 0. The maximum absolute atomic E-state index is 5.67. The number of aromatic nitrogens is 2. The summed E-state index contributed by atoms with van der Waals surface area (Å²) in [7, 11) is 0. The lowest BCUT2D eigenvalue weighted by Gasteiger charge is -2.02. The number of hydrogen-bond acceptors (Lipinski definition) is 3. The van der Waals surface area contributed by atoms with Crippen molar-refractivity contribution in [1.29, 1.82) is 0 Å². The zero-order valence-corrected chi connectivity index (χ0v) is 12.6. The predicted octanol–water partition coefficient (Wildman–Crippen LogP) is 4.45. The standard InChI is InChI=1S/C12H12BrClN2S/c1-8-4-2-5-9(11(8)13)12-16-15-10(17-12)6-3-7-14/h2,4-5H,3,6-7H2,1H3. The lowest BCUT2D eigenvalue weighted by Crippen LogP contribution is -1.84. The van der Waals surface area contributed by atoms with E-state index in [0.717, 1.165) is 32.9 Å². The summed E-state index contributed by atoms with van der Waals surface area (Å²) >= 11 is 10.9. The Balaban J connectivity index is 2.27. The minimum Gasteiger partial charge on any atom is -0.143 e. The van der Waals surface area contributed by atoms with Gasteiger partial charge in [-0.05, 0) is 34.8 Å². The molecule has 0 fully saturated rings. The van der Waals surface area contributed by atoms with Crippen LogP contribution in [0.25, 0.3) is 10.6 Å². The molecule has 0 aliphatic rings. The summed E-state index contributed by atoms with van der Waals surface area (Å²) in [6, 6.07) is 6.17. The Morgan fingerprint density at radius 3 is 2.94 bits per heavy atom. The molecular formula is C12H12BrClN2S. The minimum absolute atomic E-state index is 0.670. The zero-order chi connectivity index (χ0) is 12.3. The van der Waals surface area contributed by atoms with Gasteiger partial charge in [-0.15, -0.1) is 21.8 Å². The smallest absolute Gasteiger partial charge is 0.143 e. The van der Waals surface area contributed by atoms with Gasteiger partial charge in [0.25, 0.3) is 0 Å². The second-order valence-electron chi connectivity index (χ2n) is 3.73. The Hall–Kier alpha value is -0.450. The monoisotopic (exact) mass is 330 g/mol. The number of rotatable bonds is 4. The van der Waals surface area contributed by atoms with Gasteiger partial charge in [-0.2, -0.15) is 0 Å². The van der Waals surface area contributed by atoms with Crippen LogP contribution in [0.1, 0.15) is 17.0 Å². The molecule has 17 heavy (non-hydrogen) atoms. The molecule has 5 heteroatoms. The first-order chi connectivity index (χ1) is 8.22. The van der Waals surface area contributed by atoms with Gasteiger partial charge in [-0.25, -0.2) is 0 Å². The van der Waals surface area contributed by atoms with E-state index in [1.165, 1.54) is 5.56 Å². The molecule has 2 nitrogen and oxygen atoms in total. The van der Waals surface area contributed by atoms with E-state index in [0.29, 0.717) is 5.88 Å². The van der Waals surface area contributed by atoms with Crippen LogP contribution in [0.3, 0.4) is 0 Å². The number of benzene rings is 1. The lowest BCUT2D eigenvalue weighted by atomic mass is 10.1. The highest BCUT2D eigenvalue weighted by Crippen LogP contribution is 2.32. The van der Waals surface area contributed by atoms with Crippen LogP contribution >= 0.6 is 38.9 Å². The third-order valence-corrected chi connectivity index (χ3v) is 4.75. The molecule has 0 aliphatic carbocycles. The van der Waals surface area contributed by atoms with Crippen molar-refractivity contribution >= 4 is 38.9 Å². The fourth-order valence-corrected chi connectivity index (χ4v) is 3.12. The van der Waals surface area contributed by atoms with Gasteiger partial charge in [-0.1, -0.05) is 29.5 Å². The largest absolute Gasteiger partial charge is 0.148 e. The molecule has 2 rings (SSSR count). The van der Waals surface area contributed by atoms with E-state index >= 15 is 0 Å². The molecule has 2 aromatic rings. The van der Waals surface area contributed by atoms with Crippen LogP contribution in [0, 0.1) is 6.92 Å². The number of halogens is 2. The lowest BCUT2D eigenvalue weighted by molar-refractivity contribution is 0.884. The molecule has 90 valence electrons. The summed E-state index contributed by atoms with van der Waals surface area (Å²) < 4.78 is 1.10. The van der Waals surface area contributed by atoms with Crippen LogP contribution in [0.15, 0.2) is 22.7 Å². The normalized spacial score (nSPS) is 10.8. The first-order valence-electron chi connectivity index (χ1n) is 5.36. The van der Waals surface area contributed by atoms with Crippen molar-refractivity contribution in [3.05, 3.63) is 33.2 Å². The van der Waals surface area contributed by atoms with Crippen LogP contribution in [-0.4, -0.2) is 16.1 Å². The van der Waals surface area contributed by atoms with E-state index in [1.54, 1.807) is 11.3 Å². The highest BCUT2D eigenvalue weighted by atomic mass is 79.9. The van der Waals surface area contributed by atoms with Crippen molar-refractivity contribution in [2.75, 3.05) is 5.88 Å². The summed E-state index contributed by atoms with van der Waals surface area (Å²) in [6.07, 6.45) is 1.86. The molecule has 0 saturated heterocycles. The second kappa shape index (κ2) is 5.94. The molecule has 1 aromatic heterocycles. The van der Waals surface area contributed by atoms with Crippen LogP contribution in [0.2, 0.25) is 0 Å². The summed E-state index contributed by atoms with van der Waals surface area (Å²) in [5.41, 5.74) is 2.32. The quantitative estimate of drug-likeness (QED) is 0.774. The Kier molecular flexibility index (Phi) is 4.54. The van der Waals surface area contributed by atoms with Crippen LogP contribution in [-0.2, 0) is 6.42 Å². The first-order valence-corrected chi connectivity index (χ1v) is 7.50. The molecule has 0 spiro atoms. The van der Waals surface area contributed by atoms with Crippen molar-refractivity contribution < 1.29 is 0 Å². The predicted molar refractivity (Wildman–Crippen MR) is 76.8 cm³/mol. The third-order valence-electron chi connectivity index (χ3n) is 2.41. The molecule has 1 heterocycles. The Morgan fingerprint density at radius 2 is 2.18 bits per heavy atom. The van der Waals surface area contributed by atoms with Crippen LogP contribution in [0.4, 0.5) is 0 Å². The topological polar surface area (TPSA) is 25.8 Å². The molecule has 0 atom stereocenters. The number of alkyl halides is 1. The van der Waals surface area contributed by atoms with E-state index in [4.69, 9.17) is 11.6 Å². The molecule has 0 aliphatic heterocycles. The van der Waals surface area contributed by atoms with Gasteiger partial charge in [0.1, 0.15) is 10.0 Å². The molecule has 0 saturated carbocycles. The highest BCUT2D eigenvalue weighted by Gasteiger charge is 2.10. The Labute approximate surface area is 118 Å². The summed E-state index contributed by atoms with van der Waals surface area (Å²) in [4.78, 5) is 0. The maximum atomic E-state index is 5.67. The van der Waals surface area contributed by atoms with E-state index in [9.17, 15) is 0 Å². The van der Waals surface area contributed by atoms with Gasteiger partial charge in [0.15, 0.2) is 0 Å². The average Bonchev–Trinajstić information content (AvgIpc) is 2.78. The van der Waals surface area contributed by atoms with Crippen LogP contribution in [0.5, 0.6) is 0 Å². The molecule has 1 aromatic carbocycles. The number of aryl methyl sites for hydroxylation is 2. The molecular weight excluding hydrogens is 320 g/mol. The van der Waals surface area contributed by atoms with E-state index in [-0.39, 0.29) is 0 Å². The summed E-state index contributed by atoms with van der Waals surface area (Å²) in [6.45, 7) is 2.07. The van der Waals surface area contributed by atoms with Crippen molar-refractivity contribution in [2.24, 2.45) is 0 Å². The number of nitrogens with zero attached hydrogens (tertiary/aromatic N) is 2. The Morgan fingerprint density at radius 1 is 1.35 bits per heavy atom. The fraction of sp³-hybridized carbons (Fsp3) is 0.333. The van der Waals surface area contributed by atoms with Gasteiger partial charge in [0.05, 0.1) is 0 Å². The van der Waals surface area contributed by atoms with E-state index in [2.05, 4.69) is 45.2 Å². The summed E-state index contributed by atoms with van der Waals surface area (Å²) in [5.74, 6) is 0.670. The maximum Gasteiger partial charge on any atom is 0.148 e. The van der Waals surface area contributed by atoms with Crippen molar-refractivity contribution in [3.63, 3.8) is 0 Å². The highest BCUT2D eigenvalue weighted by molar-refractivity contribution is 9.10. The van der Waals surface area contributed by atoms with Gasteiger partial charge < -0.3 is 0 Å². The van der Waals surface area contributed by atoms with Gasteiger partial charge in [-0.3, -0.25) is 0 Å². The van der Waals surface area contributed by atoms with Gasteiger partial charge in [0.2, 0.25) is 0 Å². The van der Waals surface area contributed by atoms with Crippen molar-refractivity contribution in [3.8, 4) is 10.6 Å². The molecule has 0 radical (unpaired) electrons. The Bertz CT molecular complexity index is 513. The van der Waals surface area contributed by atoms with E-state index in [1.807, 2.05) is 6.07 Å². The SMILES string of the molecule is Cc1cccc(-c2nnc(CCCCl)s2)c1Br. The van der Waals surface area contributed by atoms with Gasteiger partial charge in [0, 0.05) is 22.3 Å². The first kappa shape index (κ1) is 13.0. The second-order valence-corrected chi connectivity index (χ2v) is 5.96. The van der Waals surface area contributed by atoms with Gasteiger partial charge >= 0.3 is 0 Å². The third kappa shape index (κ3) is 3.06. The zero-order valence-electron chi connectivity index (χ0n) is 9.41. The van der Waals surface area contributed by atoms with Crippen LogP contribution < -0.4 is 0 Å².